The molecule has 0 unspecified atom stereocenters. The molecule has 0 fully saturated rings. The van der Waals surface area contributed by atoms with E-state index >= 15 is 0 Å². The number of ether oxygens (including phenoxy) is 1. The van der Waals surface area contributed by atoms with Crippen molar-refractivity contribution in [3.8, 4) is 5.75 Å². The molecule has 1 radical (unpaired) electrons. The molecular formula is C19H14Cl3O. The van der Waals surface area contributed by atoms with Crippen LogP contribution in [0.5, 0.6) is 5.75 Å². The summed E-state index contributed by atoms with van der Waals surface area (Å²) in [6.45, 7) is 0. The van der Waals surface area contributed by atoms with Crippen LogP contribution in [0.1, 0.15) is 17.5 Å². The topological polar surface area (TPSA) is 9.23 Å². The SMILES string of the molecule is COc1ccc(C2=C(Cl)C(c3ccc(Cl)c(Cl)c3)=CC[CH]2)cc1. The van der Waals surface area contributed by atoms with Crippen LogP contribution in [0.2, 0.25) is 10.0 Å². The van der Waals surface area contributed by atoms with E-state index in [1.165, 1.54) is 0 Å². The molecule has 0 spiro atoms. The Bertz CT molecular complexity index is 789. The highest BCUT2D eigenvalue weighted by Gasteiger charge is 2.18. The number of hydrogen-bond donors (Lipinski definition) is 0. The Kier molecular flexibility index (Phi) is 5.01. The van der Waals surface area contributed by atoms with Gasteiger partial charge in [-0.1, -0.05) is 59.1 Å². The molecule has 0 N–H and O–H groups in total. The van der Waals surface area contributed by atoms with Crippen molar-refractivity contribution in [3.63, 3.8) is 0 Å². The molecule has 1 aliphatic rings. The van der Waals surface area contributed by atoms with Crippen molar-refractivity contribution >= 4 is 45.9 Å². The normalized spacial score (nSPS) is 14.7. The maximum Gasteiger partial charge on any atom is 0.118 e. The molecule has 4 heteroatoms. The molecule has 0 amide bonds. The minimum Gasteiger partial charge on any atom is -0.497 e. The Hall–Kier alpha value is -1.41. The minimum atomic E-state index is 0.523. The molecule has 0 saturated heterocycles. The van der Waals surface area contributed by atoms with Gasteiger partial charge in [0.1, 0.15) is 5.75 Å². The standard InChI is InChI=1S/C19H14Cl3O/c1-23-14-8-5-12(6-9-14)15-3-2-4-16(19(15)22)13-7-10-17(20)18(21)11-13/h3-11H,2H2,1H3. The number of halogens is 3. The van der Waals surface area contributed by atoms with Gasteiger partial charge >= 0.3 is 0 Å². The van der Waals surface area contributed by atoms with Crippen LogP contribution in [0.3, 0.4) is 0 Å². The van der Waals surface area contributed by atoms with E-state index in [-0.39, 0.29) is 0 Å². The lowest BCUT2D eigenvalue weighted by Gasteiger charge is -2.19. The van der Waals surface area contributed by atoms with E-state index < -0.39 is 0 Å². The average Bonchev–Trinajstić information content (AvgIpc) is 2.58. The number of rotatable bonds is 3. The lowest BCUT2D eigenvalue weighted by Crippen LogP contribution is -1.98. The average molecular weight is 365 g/mol. The van der Waals surface area contributed by atoms with Crippen molar-refractivity contribution in [1.82, 2.24) is 0 Å². The molecule has 23 heavy (non-hydrogen) atoms. The Balaban J connectivity index is 2.00. The Morgan fingerprint density at radius 3 is 2.22 bits per heavy atom. The molecule has 0 saturated carbocycles. The predicted octanol–water partition coefficient (Wildman–Crippen LogP) is 6.64. The van der Waals surface area contributed by atoms with Crippen LogP contribution in [0.4, 0.5) is 0 Å². The van der Waals surface area contributed by atoms with E-state index in [2.05, 4.69) is 12.5 Å². The van der Waals surface area contributed by atoms with Gasteiger partial charge in [0.05, 0.1) is 22.2 Å². The van der Waals surface area contributed by atoms with Crippen LogP contribution >= 0.6 is 34.8 Å². The van der Waals surface area contributed by atoms with Crippen molar-refractivity contribution in [3.05, 3.63) is 81.2 Å². The third-order valence-electron chi connectivity index (χ3n) is 3.75. The number of allylic oxidation sites excluding steroid dienone is 4. The third-order valence-corrected chi connectivity index (χ3v) is 4.89. The van der Waals surface area contributed by atoms with Gasteiger partial charge in [-0.15, -0.1) is 0 Å². The first-order valence-electron chi connectivity index (χ1n) is 7.13. The number of hydrogen-bond acceptors (Lipinski definition) is 1. The monoisotopic (exact) mass is 363 g/mol. The summed E-state index contributed by atoms with van der Waals surface area (Å²) in [5.41, 5.74) is 4.00. The molecule has 2 aromatic rings. The van der Waals surface area contributed by atoms with E-state index in [1.54, 1.807) is 13.2 Å². The summed E-state index contributed by atoms with van der Waals surface area (Å²) < 4.78 is 5.20. The van der Waals surface area contributed by atoms with E-state index in [1.807, 2.05) is 36.4 Å². The molecule has 117 valence electrons. The zero-order chi connectivity index (χ0) is 16.4. The van der Waals surface area contributed by atoms with Crippen LogP contribution in [-0.2, 0) is 0 Å². The van der Waals surface area contributed by atoms with Gasteiger partial charge in [-0.05, 0) is 59.4 Å². The second kappa shape index (κ2) is 7.00. The van der Waals surface area contributed by atoms with Crippen LogP contribution in [0, 0.1) is 6.42 Å². The van der Waals surface area contributed by atoms with E-state index in [4.69, 9.17) is 39.5 Å². The van der Waals surface area contributed by atoms with Crippen molar-refractivity contribution in [1.29, 1.82) is 0 Å². The lowest BCUT2D eigenvalue weighted by molar-refractivity contribution is 0.415. The Labute approximate surface area is 151 Å². The molecular weight excluding hydrogens is 351 g/mol. The molecule has 3 rings (SSSR count). The number of benzene rings is 2. The maximum absolute atomic E-state index is 6.66. The van der Waals surface area contributed by atoms with Gasteiger partial charge in [0.15, 0.2) is 0 Å². The van der Waals surface area contributed by atoms with Gasteiger partial charge in [-0.2, -0.15) is 0 Å². The van der Waals surface area contributed by atoms with E-state index in [0.717, 1.165) is 34.4 Å². The fourth-order valence-electron chi connectivity index (χ4n) is 2.54. The largest absolute Gasteiger partial charge is 0.497 e. The fourth-order valence-corrected chi connectivity index (χ4v) is 3.21. The van der Waals surface area contributed by atoms with Crippen LogP contribution in [-0.4, -0.2) is 7.11 Å². The molecule has 0 atom stereocenters. The van der Waals surface area contributed by atoms with Crippen molar-refractivity contribution in [2.24, 2.45) is 0 Å². The summed E-state index contributed by atoms with van der Waals surface area (Å²) in [5, 5.41) is 1.77. The van der Waals surface area contributed by atoms with E-state index in [9.17, 15) is 0 Å². The first-order valence-corrected chi connectivity index (χ1v) is 8.27. The summed E-state index contributed by atoms with van der Waals surface area (Å²) in [6, 6.07) is 13.4. The molecule has 0 bridgehead atoms. The predicted molar refractivity (Wildman–Crippen MR) is 99.1 cm³/mol. The smallest absolute Gasteiger partial charge is 0.118 e. The second-order valence-electron chi connectivity index (χ2n) is 5.14. The van der Waals surface area contributed by atoms with Gasteiger partial charge in [-0.3, -0.25) is 0 Å². The highest BCUT2D eigenvalue weighted by atomic mass is 35.5. The van der Waals surface area contributed by atoms with Crippen molar-refractivity contribution in [2.45, 2.75) is 6.42 Å². The Morgan fingerprint density at radius 2 is 1.57 bits per heavy atom. The summed E-state index contributed by atoms with van der Waals surface area (Å²) in [7, 11) is 1.65. The van der Waals surface area contributed by atoms with Gasteiger partial charge in [-0.25, -0.2) is 0 Å². The van der Waals surface area contributed by atoms with E-state index in [0.29, 0.717) is 15.1 Å². The van der Waals surface area contributed by atoms with Gasteiger partial charge in [0.25, 0.3) is 0 Å². The van der Waals surface area contributed by atoms with Crippen LogP contribution in [0.15, 0.2) is 53.6 Å². The molecule has 0 heterocycles. The highest BCUT2D eigenvalue weighted by Crippen LogP contribution is 2.40. The highest BCUT2D eigenvalue weighted by molar-refractivity contribution is 6.43. The first kappa shape index (κ1) is 16.4. The van der Waals surface area contributed by atoms with Gasteiger partial charge < -0.3 is 4.74 Å². The second-order valence-corrected chi connectivity index (χ2v) is 6.34. The molecule has 0 aliphatic heterocycles. The quantitative estimate of drug-likeness (QED) is 0.593. The van der Waals surface area contributed by atoms with Crippen molar-refractivity contribution in [2.75, 3.05) is 7.11 Å². The number of methoxy groups -OCH3 is 1. The summed E-state index contributed by atoms with van der Waals surface area (Å²) in [5.74, 6) is 0.821. The van der Waals surface area contributed by atoms with Crippen molar-refractivity contribution < 1.29 is 4.74 Å². The molecule has 1 aliphatic carbocycles. The minimum absolute atomic E-state index is 0.523. The van der Waals surface area contributed by atoms with Crippen LogP contribution in [0.25, 0.3) is 11.1 Å². The fraction of sp³-hybridized carbons (Fsp3) is 0.105. The van der Waals surface area contributed by atoms with Gasteiger partial charge in [0.2, 0.25) is 0 Å². The first-order chi connectivity index (χ1) is 11.1. The summed E-state index contributed by atoms with van der Waals surface area (Å²) >= 11 is 18.8. The summed E-state index contributed by atoms with van der Waals surface area (Å²) in [6.07, 6.45) is 5.02. The molecule has 1 nitrogen and oxygen atoms in total. The third kappa shape index (κ3) is 3.42. The Morgan fingerprint density at radius 1 is 0.870 bits per heavy atom. The molecule has 0 aromatic heterocycles. The zero-order valence-electron chi connectivity index (χ0n) is 12.4. The molecule has 2 aromatic carbocycles. The summed E-state index contributed by atoms with van der Waals surface area (Å²) in [4.78, 5) is 0. The lowest BCUT2D eigenvalue weighted by atomic mass is 9.90. The zero-order valence-corrected chi connectivity index (χ0v) is 14.7. The maximum atomic E-state index is 6.66. The van der Waals surface area contributed by atoms with Crippen LogP contribution < -0.4 is 4.74 Å². The van der Waals surface area contributed by atoms with Gasteiger partial charge in [0, 0.05) is 0 Å².